The zero-order valence-electron chi connectivity index (χ0n) is 8.67. The van der Waals surface area contributed by atoms with E-state index in [1.54, 1.807) is 0 Å². The topological polar surface area (TPSA) is 12.0 Å². The molecule has 1 aliphatic rings. The number of piperidine rings is 1. The minimum absolute atomic E-state index is 0.587. The third-order valence-electron chi connectivity index (χ3n) is 2.53. The van der Waals surface area contributed by atoms with E-state index in [1.165, 1.54) is 11.6 Å². The summed E-state index contributed by atoms with van der Waals surface area (Å²) in [4.78, 5) is 0. The van der Waals surface area contributed by atoms with Gasteiger partial charge in [0.2, 0.25) is 0 Å². The summed E-state index contributed by atoms with van der Waals surface area (Å²) in [6.45, 7) is 4.13. The summed E-state index contributed by atoms with van der Waals surface area (Å²) >= 11 is 0. The molecule has 1 aliphatic heterocycles. The van der Waals surface area contributed by atoms with Crippen molar-refractivity contribution in [1.29, 1.82) is 0 Å². The van der Waals surface area contributed by atoms with Crippen molar-refractivity contribution in [2.75, 3.05) is 13.1 Å². The third-order valence-corrected chi connectivity index (χ3v) is 2.53. The fourth-order valence-corrected chi connectivity index (χ4v) is 1.82. The number of nitrogens with one attached hydrogen (secondary N) is 1. The Kier molecular flexibility index (Phi) is 5.23. The van der Waals surface area contributed by atoms with Gasteiger partial charge in [-0.15, -0.1) is 0 Å². The zero-order chi connectivity index (χ0) is 10.2. The molecule has 0 unspecified atom stereocenters. The summed E-state index contributed by atoms with van der Waals surface area (Å²) in [7, 11) is 0. The van der Waals surface area contributed by atoms with Gasteiger partial charge in [-0.2, -0.15) is 0 Å². The maximum absolute atomic E-state index is 11.9. The lowest BCUT2D eigenvalue weighted by Crippen LogP contribution is -2.28. The molecule has 0 atom stereocenters. The van der Waals surface area contributed by atoms with Crippen LogP contribution in [0.25, 0.3) is 0 Å². The standard InChI is InChI=1S/C12H18FN/c1-2-4-11(5-3-8-13)12-6-9-14-10-7-12/h2-5,8,12,14H,6-7,9-10H2,1H3/b4-2-,8-3+,11-5+. The van der Waals surface area contributed by atoms with Gasteiger partial charge in [0.15, 0.2) is 0 Å². The first-order valence-corrected chi connectivity index (χ1v) is 5.19. The number of hydrogen-bond acceptors (Lipinski definition) is 1. The minimum atomic E-state index is 0.587. The zero-order valence-corrected chi connectivity index (χ0v) is 8.67. The van der Waals surface area contributed by atoms with Crippen LogP contribution in [-0.4, -0.2) is 13.1 Å². The molecule has 0 radical (unpaired) electrons. The molecule has 78 valence electrons. The normalized spacial score (nSPS) is 21.1. The first-order chi connectivity index (χ1) is 6.88. The van der Waals surface area contributed by atoms with Crippen LogP contribution in [0.15, 0.2) is 36.2 Å². The molecular weight excluding hydrogens is 177 g/mol. The average Bonchev–Trinajstić information content (AvgIpc) is 2.25. The van der Waals surface area contributed by atoms with Gasteiger partial charge in [-0.25, -0.2) is 4.39 Å². The summed E-state index contributed by atoms with van der Waals surface area (Å²) in [6, 6.07) is 0. The lowest BCUT2D eigenvalue weighted by molar-refractivity contribution is 0.425. The van der Waals surface area contributed by atoms with Gasteiger partial charge < -0.3 is 5.32 Å². The SMILES string of the molecule is C\C=C/C(=C\C=C\F)C1CCNCC1. The highest BCUT2D eigenvalue weighted by molar-refractivity contribution is 5.26. The van der Waals surface area contributed by atoms with Crippen molar-refractivity contribution in [2.24, 2.45) is 5.92 Å². The van der Waals surface area contributed by atoms with Crippen LogP contribution in [0.2, 0.25) is 0 Å². The monoisotopic (exact) mass is 195 g/mol. The quantitative estimate of drug-likeness (QED) is 0.683. The molecule has 1 N–H and O–H groups in total. The van der Waals surface area contributed by atoms with Crippen LogP contribution in [0, 0.1) is 5.92 Å². The fourth-order valence-electron chi connectivity index (χ4n) is 1.82. The molecule has 1 heterocycles. The Labute approximate surface area is 85.4 Å². The molecule has 1 nitrogen and oxygen atoms in total. The second-order valence-electron chi connectivity index (χ2n) is 3.51. The Morgan fingerprint density at radius 3 is 2.64 bits per heavy atom. The summed E-state index contributed by atoms with van der Waals surface area (Å²) in [5.41, 5.74) is 1.24. The van der Waals surface area contributed by atoms with Crippen LogP contribution in [0.1, 0.15) is 19.8 Å². The van der Waals surface area contributed by atoms with E-state index in [4.69, 9.17) is 0 Å². The summed E-state index contributed by atoms with van der Waals surface area (Å²) in [5.74, 6) is 0.587. The summed E-state index contributed by atoms with van der Waals surface area (Å²) < 4.78 is 11.9. The van der Waals surface area contributed by atoms with Crippen molar-refractivity contribution < 1.29 is 4.39 Å². The maximum atomic E-state index is 11.9. The Morgan fingerprint density at radius 2 is 2.07 bits per heavy atom. The first-order valence-electron chi connectivity index (χ1n) is 5.19. The fraction of sp³-hybridized carbons (Fsp3) is 0.500. The van der Waals surface area contributed by atoms with Crippen LogP contribution in [0.5, 0.6) is 0 Å². The number of halogens is 1. The smallest absolute Gasteiger partial charge is 0.0867 e. The van der Waals surface area contributed by atoms with Crippen molar-refractivity contribution in [3.63, 3.8) is 0 Å². The molecule has 0 spiro atoms. The highest BCUT2D eigenvalue weighted by atomic mass is 19.1. The van der Waals surface area contributed by atoms with E-state index in [1.807, 2.05) is 19.1 Å². The molecule has 0 aliphatic carbocycles. The van der Waals surface area contributed by atoms with E-state index in [0.29, 0.717) is 12.2 Å². The van der Waals surface area contributed by atoms with E-state index in [9.17, 15) is 4.39 Å². The third kappa shape index (κ3) is 3.46. The van der Waals surface area contributed by atoms with Crippen molar-refractivity contribution in [3.05, 3.63) is 36.2 Å². The van der Waals surface area contributed by atoms with Crippen molar-refractivity contribution in [1.82, 2.24) is 5.32 Å². The lowest BCUT2D eigenvalue weighted by atomic mass is 9.89. The molecule has 0 saturated carbocycles. The molecule has 1 fully saturated rings. The van der Waals surface area contributed by atoms with Gasteiger partial charge in [0.25, 0.3) is 0 Å². The second-order valence-corrected chi connectivity index (χ2v) is 3.51. The second kappa shape index (κ2) is 6.55. The highest BCUT2D eigenvalue weighted by Crippen LogP contribution is 2.22. The molecule has 0 bridgehead atoms. The largest absolute Gasteiger partial charge is 0.317 e. The minimum Gasteiger partial charge on any atom is -0.317 e. The van der Waals surface area contributed by atoms with Crippen LogP contribution >= 0.6 is 0 Å². The van der Waals surface area contributed by atoms with Gasteiger partial charge in [-0.05, 0) is 50.4 Å². The molecule has 0 aromatic rings. The van der Waals surface area contributed by atoms with Gasteiger partial charge in [-0.3, -0.25) is 0 Å². The van der Waals surface area contributed by atoms with Gasteiger partial charge in [-0.1, -0.05) is 18.2 Å². The van der Waals surface area contributed by atoms with Crippen molar-refractivity contribution in [3.8, 4) is 0 Å². The number of rotatable bonds is 3. The van der Waals surface area contributed by atoms with Crippen LogP contribution in [0.3, 0.4) is 0 Å². The highest BCUT2D eigenvalue weighted by Gasteiger charge is 2.14. The Balaban J connectivity index is 2.65. The summed E-state index contributed by atoms with van der Waals surface area (Å²) in [5, 5.41) is 3.32. The lowest BCUT2D eigenvalue weighted by Gasteiger charge is -2.23. The molecule has 2 heteroatoms. The Bertz CT molecular complexity index is 235. The molecule has 1 saturated heterocycles. The molecule has 0 aromatic heterocycles. The molecule has 0 amide bonds. The number of allylic oxidation sites excluding steroid dienone is 5. The van der Waals surface area contributed by atoms with E-state index in [0.717, 1.165) is 25.9 Å². The van der Waals surface area contributed by atoms with E-state index < -0.39 is 0 Å². The Morgan fingerprint density at radius 1 is 1.36 bits per heavy atom. The molecule has 0 aromatic carbocycles. The predicted molar refractivity (Wildman–Crippen MR) is 58.7 cm³/mol. The maximum Gasteiger partial charge on any atom is 0.0867 e. The van der Waals surface area contributed by atoms with Crippen molar-refractivity contribution in [2.45, 2.75) is 19.8 Å². The number of hydrogen-bond donors (Lipinski definition) is 1. The molecular formula is C12H18FN. The molecule has 14 heavy (non-hydrogen) atoms. The Hall–Kier alpha value is -0.890. The van der Waals surface area contributed by atoms with E-state index >= 15 is 0 Å². The molecule has 1 rings (SSSR count). The average molecular weight is 195 g/mol. The van der Waals surface area contributed by atoms with Gasteiger partial charge in [0.1, 0.15) is 0 Å². The van der Waals surface area contributed by atoms with Gasteiger partial charge in [0, 0.05) is 0 Å². The van der Waals surface area contributed by atoms with Gasteiger partial charge >= 0.3 is 0 Å². The van der Waals surface area contributed by atoms with E-state index in [-0.39, 0.29) is 0 Å². The first kappa shape index (κ1) is 11.2. The predicted octanol–water partition coefficient (Wildman–Crippen LogP) is 2.97. The van der Waals surface area contributed by atoms with Crippen LogP contribution in [0.4, 0.5) is 4.39 Å². The van der Waals surface area contributed by atoms with E-state index in [2.05, 4.69) is 11.4 Å². The van der Waals surface area contributed by atoms with Crippen LogP contribution < -0.4 is 5.32 Å². The van der Waals surface area contributed by atoms with Crippen LogP contribution in [-0.2, 0) is 0 Å². The van der Waals surface area contributed by atoms with Crippen molar-refractivity contribution >= 4 is 0 Å². The van der Waals surface area contributed by atoms with Gasteiger partial charge in [0.05, 0.1) is 6.33 Å². The summed E-state index contributed by atoms with van der Waals surface area (Å²) in [6.07, 6.45) is 10.3.